The quantitative estimate of drug-likeness (QED) is 0.562. The molecule has 0 spiro atoms. The number of benzene rings is 1. The van der Waals surface area contributed by atoms with E-state index in [9.17, 15) is 4.79 Å². The van der Waals surface area contributed by atoms with E-state index in [0.29, 0.717) is 11.6 Å². The lowest BCUT2D eigenvalue weighted by Gasteiger charge is -2.35. The molecule has 3 heterocycles. The second kappa shape index (κ2) is 9.71. The lowest BCUT2D eigenvalue weighted by molar-refractivity contribution is 0.247. The van der Waals surface area contributed by atoms with Crippen LogP contribution >= 0.6 is 11.6 Å². The molecular formula is C24H30ClN5O. The molecule has 0 radical (unpaired) electrons. The van der Waals surface area contributed by atoms with Gasteiger partial charge in [-0.25, -0.2) is 9.67 Å². The van der Waals surface area contributed by atoms with Crippen LogP contribution in [-0.2, 0) is 13.0 Å². The molecule has 0 amide bonds. The highest BCUT2D eigenvalue weighted by Gasteiger charge is 2.18. The fraction of sp³-hybridized carbons (Fsp3) is 0.417. The Morgan fingerprint density at radius 1 is 1.00 bits per heavy atom. The van der Waals surface area contributed by atoms with Gasteiger partial charge in [0, 0.05) is 62.2 Å². The first-order chi connectivity index (χ1) is 15.0. The van der Waals surface area contributed by atoms with Gasteiger partial charge in [0.15, 0.2) is 0 Å². The molecule has 31 heavy (non-hydrogen) atoms. The number of pyridine rings is 1. The molecule has 0 aliphatic carbocycles. The van der Waals surface area contributed by atoms with Gasteiger partial charge in [-0.15, -0.1) is 0 Å². The molecule has 6 nitrogen and oxygen atoms in total. The molecule has 0 unspecified atom stereocenters. The van der Waals surface area contributed by atoms with Gasteiger partial charge in [-0.05, 0) is 61.7 Å². The molecule has 7 heteroatoms. The van der Waals surface area contributed by atoms with Crippen LogP contribution in [-0.4, -0.2) is 52.0 Å². The van der Waals surface area contributed by atoms with Gasteiger partial charge < -0.3 is 4.90 Å². The van der Waals surface area contributed by atoms with Crippen molar-refractivity contribution in [2.45, 2.75) is 33.2 Å². The summed E-state index contributed by atoms with van der Waals surface area (Å²) in [7, 11) is 0. The van der Waals surface area contributed by atoms with Crippen molar-refractivity contribution in [1.82, 2.24) is 19.2 Å². The number of nitrogens with zero attached hydrogens (tertiary/aromatic N) is 5. The van der Waals surface area contributed by atoms with Crippen LogP contribution < -0.4 is 10.5 Å². The molecule has 2 aromatic heterocycles. The Hall–Kier alpha value is -2.57. The molecule has 1 aliphatic heterocycles. The molecular weight excluding hydrogens is 410 g/mol. The monoisotopic (exact) mass is 439 g/mol. The third-order valence-electron chi connectivity index (χ3n) is 5.93. The fourth-order valence-electron chi connectivity index (χ4n) is 4.22. The Morgan fingerprint density at radius 2 is 1.74 bits per heavy atom. The third-order valence-corrected chi connectivity index (χ3v) is 6.18. The summed E-state index contributed by atoms with van der Waals surface area (Å²) in [6.07, 6.45) is 3.62. The SMILES string of the molecule is CCc1cc(=O)n(CCCN2CCN(c3cc(C)ccn3)CC2)n1-c1ccc(Cl)cc1. The molecule has 3 aromatic rings. The zero-order valence-electron chi connectivity index (χ0n) is 18.3. The van der Waals surface area contributed by atoms with Crippen LogP contribution in [0.15, 0.2) is 53.5 Å². The maximum absolute atomic E-state index is 12.7. The maximum Gasteiger partial charge on any atom is 0.267 e. The van der Waals surface area contributed by atoms with Crippen LogP contribution in [0.5, 0.6) is 0 Å². The topological polar surface area (TPSA) is 46.3 Å². The van der Waals surface area contributed by atoms with Crippen molar-refractivity contribution in [2.75, 3.05) is 37.6 Å². The van der Waals surface area contributed by atoms with Crippen molar-refractivity contribution in [3.05, 3.63) is 75.3 Å². The number of hydrogen-bond acceptors (Lipinski definition) is 4. The second-order valence-corrected chi connectivity index (χ2v) is 8.55. The lowest BCUT2D eigenvalue weighted by Crippen LogP contribution is -2.47. The summed E-state index contributed by atoms with van der Waals surface area (Å²) < 4.78 is 3.90. The first-order valence-corrected chi connectivity index (χ1v) is 11.4. The van der Waals surface area contributed by atoms with Gasteiger partial charge in [-0.1, -0.05) is 18.5 Å². The lowest BCUT2D eigenvalue weighted by atomic mass is 10.2. The second-order valence-electron chi connectivity index (χ2n) is 8.11. The molecule has 1 saturated heterocycles. The Bertz CT molecular complexity index is 1060. The normalized spacial score (nSPS) is 14.9. The van der Waals surface area contributed by atoms with Crippen LogP contribution in [0.1, 0.15) is 24.6 Å². The van der Waals surface area contributed by atoms with E-state index in [1.165, 1.54) is 5.56 Å². The van der Waals surface area contributed by atoms with E-state index in [-0.39, 0.29) is 5.56 Å². The summed E-state index contributed by atoms with van der Waals surface area (Å²) in [6, 6.07) is 13.6. The summed E-state index contributed by atoms with van der Waals surface area (Å²) in [5.41, 5.74) is 3.30. The molecule has 1 aliphatic rings. The van der Waals surface area contributed by atoms with Gasteiger partial charge in [-0.3, -0.25) is 14.4 Å². The van der Waals surface area contributed by atoms with E-state index in [0.717, 1.165) is 62.8 Å². The zero-order valence-corrected chi connectivity index (χ0v) is 19.1. The van der Waals surface area contributed by atoms with E-state index in [4.69, 9.17) is 11.6 Å². The van der Waals surface area contributed by atoms with Gasteiger partial charge in [0.2, 0.25) is 0 Å². The van der Waals surface area contributed by atoms with Gasteiger partial charge in [-0.2, -0.15) is 0 Å². The van der Waals surface area contributed by atoms with Crippen molar-refractivity contribution >= 4 is 17.4 Å². The summed E-state index contributed by atoms with van der Waals surface area (Å²) in [5, 5.41) is 0.697. The molecule has 0 bridgehead atoms. The first-order valence-electron chi connectivity index (χ1n) is 11.0. The third kappa shape index (κ3) is 5.02. The van der Waals surface area contributed by atoms with Crippen molar-refractivity contribution in [3.63, 3.8) is 0 Å². The molecule has 0 saturated carbocycles. The summed E-state index contributed by atoms with van der Waals surface area (Å²) in [6.45, 7) is 9.86. The molecule has 4 rings (SSSR count). The standard InChI is InChI=1S/C24H30ClN5O/c1-3-21-18-24(31)29(30(21)22-7-5-20(25)6-8-22)12-4-11-27-13-15-28(16-14-27)23-17-19(2)9-10-26-23/h5-10,17-18H,3-4,11-16H2,1-2H3. The van der Waals surface area contributed by atoms with E-state index >= 15 is 0 Å². The molecule has 1 fully saturated rings. The summed E-state index contributed by atoms with van der Waals surface area (Å²) >= 11 is 6.05. The number of anilines is 1. The number of hydrogen-bond donors (Lipinski definition) is 0. The van der Waals surface area contributed by atoms with Crippen molar-refractivity contribution < 1.29 is 0 Å². The Kier molecular flexibility index (Phi) is 6.78. The van der Waals surface area contributed by atoms with Gasteiger partial charge in [0.05, 0.1) is 5.69 Å². The van der Waals surface area contributed by atoms with E-state index in [1.54, 1.807) is 6.07 Å². The number of rotatable bonds is 7. The molecule has 0 N–H and O–H groups in total. The fourth-order valence-corrected chi connectivity index (χ4v) is 4.35. The maximum atomic E-state index is 12.7. The minimum atomic E-state index is 0.0575. The number of aryl methyl sites for hydroxylation is 2. The molecule has 1 aromatic carbocycles. The molecule has 0 atom stereocenters. The van der Waals surface area contributed by atoms with Gasteiger partial charge in [0.25, 0.3) is 5.56 Å². The van der Waals surface area contributed by atoms with Crippen LogP contribution in [0.25, 0.3) is 5.69 Å². The highest BCUT2D eigenvalue weighted by molar-refractivity contribution is 6.30. The van der Waals surface area contributed by atoms with E-state index in [2.05, 4.69) is 34.7 Å². The predicted octanol–water partition coefficient (Wildman–Crippen LogP) is 3.77. The van der Waals surface area contributed by atoms with Crippen molar-refractivity contribution in [2.24, 2.45) is 0 Å². The summed E-state index contributed by atoms with van der Waals surface area (Å²) in [5.74, 6) is 1.07. The van der Waals surface area contributed by atoms with Crippen molar-refractivity contribution in [1.29, 1.82) is 0 Å². The largest absolute Gasteiger partial charge is 0.354 e. The van der Waals surface area contributed by atoms with Gasteiger partial charge in [0.1, 0.15) is 5.82 Å². The van der Waals surface area contributed by atoms with Crippen LogP contribution in [0.4, 0.5) is 5.82 Å². The number of aromatic nitrogens is 3. The Labute approximate surface area is 188 Å². The first kappa shape index (κ1) is 21.7. The van der Waals surface area contributed by atoms with Crippen molar-refractivity contribution in [3.8, 4) is 5.69 Å². The summed E-state index contributed by atoms with van der Waals surface area (Å²) in [4.78, 5) is 22.0. The van der Waals surface area contributed by atoms with Gasteiger partial charge >= 0.3 is 0 Å². The highest BCUT2D eigenvalue weighted by Crippen LogP contribution is 2.17. The van der Waals surface area contributed by atoms with Crippen LogP contribution in [0.3, 0.4) is 0 Å². The predicted molar refractivity (Wildman–Crippen MR) is 127 cm³/mol. The average Bonchev–Trinajstić information content (AvgIpc) is 3.10. The van der Waals surface area contributed by atoms with Crippen LogP contribution in [0, 0.1) is 6.92 Å². The Morgan fingerprint density at radius 3 is 2.42 bits per heavy atom. The zero-order chi connectivity index (χ0) is 21.8. The molecule has 164 valence electrons. The Balaban J connectivity index is 1.37. The van der Waals surface area contributed by atoms with E-state index < -0.39 is 0 Å². The van der Waals surface area contributed by atoms with Crippen LogP contribution in [0.2, 0.25) is 5.02 Å². The number of halogens is 1. The average molecular weight is 440 g/mol. The number of piperazine rings is 1. The minimum absolute atomic E-state index is 0.0575. The highest BCUT2D eigenvalue weighted by atomic mass is 35.5. The van der Waals surface area contributed by atoms with E-state index in [1.807, 2.05) is 45.9 Å². The smallest absolute Gasteiger partial charge is 0.267 e. The minimum Gasteiger partial charge on any atom is -0.354 e.